The Morgan fingerprint density at radius 1 is 0.815 bits per heavy atom. The first-order valence-corrected chi connectivity index (χ1v) is 9.81. The van der Waals surface area contributed by atoms with E-state index in [-0.39, 0.29) is 16.9 Å². The summed E-state index contributed by atoms with van der Waals surface area (Å²) in [5.41, 5.74) is 3.68. The molecule has 0 unspecified atom stereocenters. The molecule has 1 amide bonds. The minimum absolute atomic E-state index is 0.0111. The normalized spacial score (nSPS) is 10.6. The predicted molar refractivity (Wildman–Crippen MR) is 112 cm³/mol. The van der Waals surface area contributed by atoms with Crippen LogP contribution >= 0.6 is 11.8 Å². The molecule has 0 spiro atoms. The monoisotopic (exact) mass is 375 g/mol. The molecule has 0 atom stereocenters. The highest BCUT2D eigenvalue weighted by atomic mass is 32.2. The van der Waals surface area contributed by atoms with Gasteiger partial charge in [-0.05, 0) is 42.3 Å². The fraction of sp³-hybridized carbons (Fsp3) is 0.130. The van der Waals surface area contributed by atoms with Gasteiger partial charge in [0, 0.05) is 11.3 Å². The summed E-state index contributed by atoms with van der Waals surface area (Å²) in [5.74, 6) is 0.285. The zero-order valence-electron chi connectivity index (χ0n) is 15.1. The van der Waals surface area contributed by atoms with Gasteiger partial charge in [0.05, 0.1) is 11.0 Å². The Kier molecular flexibility index (Phi) is 6.44. The summed E-state index contributed by atoms with van der Waals surface area (Å²) in [5, 5.41) is 2.99. The summed E-state index contributed by atoms with van der Waals surface area (Å²) in [7, 11) is 0. The number of thioether (sulfide) groups is 1. The summed E-state index contributed by atoms with van der Waals surface area (Å²) in [6.07, 6.45) is 0. The number of carbonyl (C=O) groups is 2. The van der Waals surface area contributed by atoms with Gasteiger partial charge in [-0.25, -0.2) is 0 Å². The topological polar surface area (TPSA) is 46.2 Å². The molecule has 0 aromatic heterocycles. The summed E-state index contributed by atoms with van der Waals surface area (Å²) >= 11 is 1.60. The number of rotatable bonds is 7. The summed E-state index contributed by atoms with van der Waals surface area (Å²) in [6, 6.07) is 27.4. The van der Waals surface area contributed by atoms with Crippen molar-refractivity contribution in [2.75, 3.05) is 11.1 Å². The molecule has 0 bridgehead atoms. The standard InChI is InChI=1S/C23H21NO2S/c1-17(25)18-12-14-21(15-13-18)24-22(26)16-27-23(19-8-4-2-5-9-19)20-10-6-3-7-11-20/h2-15,23H,16H2,1H3,(H,24,26). The van der Waals surface area contributed by atoms with E-state index >= 15 is 0 Å². The van der Waals surface area contributed by atoms with Crippen molar-refractivity contribution in [3.63, 3.8) is 0 Å². The highest BCUT2D eigenvalue weighted by Gasteiger charge is 2.16. The molecule has 3 nitrogen and oxygen atoms in total. The molecule has 0 heterocycles. The Labute approximate surface area is 163 Å². The Morgan fingerprint density at radius 3 is 1.81 bits per heavy atom. The first kappa shape index (κ1) is 18.9. The van der Waals surface area contributed by atoms with E-state index in [1.54, 1.807) is 36.0 Å². The van der Waals surface area contributed by atoms with Gasteiger partial charge in [0.1, 0.15) is 0 Å². The molecule has 0 radical (unpaired) electrons. The summed E-state index contributed by atoms with van der Waals surface area (Å²) in [4.78, 5) is 23.7. The van der Waals surface area contributed by atoms with Crippen LogP contribution in [0.2, 0.25) is 0 Å². The average molecular weight is 375 g/mol. The van der Waals surface area contributed by atoms with Crippen molar-refractivity contribution in [2.45, 2.75) is 12.2 Å². The van der Waals surface area contributed by atoms with E-state index in [9.17, 15) is 9.59 Å². The smallest absolute Gasteiger partial charge is 0.234 e. The molecular formula is C23H21NO2S. The van der Waals surface area contributed by atoms with Crippen LogP contribution in [-0.4, -0.2) is 17.4 Å². The zero-order chi connectivity index (χ0) is 19.1. The van der Waals surface area contributed by atoms with E-state index in [1.165, 1.54) is 18.1 Å². The molecule has 0 aliphatic carbocycles. The quantitative estimate of drug-likeness (QED) is 0.566. The van der Waals surface area contributed by atoms with Crippen LogP contribution in [0.3, 0.4) is 0 Å². The number of benzene rings is 3. The number of amides is 1. The maximum atomic E-state index is 12.4. The van der Waals surface area contributed by atoms with Gasteiger partial charge in [-0.1, -0.05) is 60.7 Å². The highest BCUT2D eigenvalue weighted by molar-refractivity contribution is 8.00. The first-order chi connectivity index (χ1) is 13.1. The SMILES string of the molecule is CC(=O)c1ccc(NC(=O)CSC(c2ccccc2)c2ccccc2)cc1. The second-order valence-electron chi connectivity index (χ2n) is 6.19. The third kappa shape index (κ3) is 5.31. The Balaban J connectivity index is 1.66. The van der Waals surface area contributed by atoms with Gasteiger partial charge >= 0.3 is 0 Å². The summed E-state index contributed by atoms with van der Waals surface area (Å²) < 4.78 is 0. The van der Waals surface area contributed by atoms with Crippen molar-refractivity contribution in [1.82, 2.24) is 0 Å². The number of nitrogens with one attached hydrogen (secondary N) is 1. The molecule has 0 aliphatic heterocycles. The lowest BCUT2D eigenvalue weighted by atomic mass is 10.0. The molecule has 0 aliphatic rings. The van der Waals surface area contributed by atoms with Crippen molar-refractivity contribution in [3.05, 3.63) is 102 Å². The lowest BCUT2D eigenvalue weighted by molar-refractivity contribution is -0.113. The van der Waals surface area contributed by atoms with Crippen molar-refractivity contribution >= 4 is 29.1 Å². The number of hydrogen-bond donors (Lipinski definition) is 1. The lowest BCUT2D eigenvalue weighted by Gasteiger charge is -2.17. The molecule has 0 saturated carbocycles. The zero-order valence-corrected chi connectivity index (χ0v) is 15.9. The fourth-order valence-corrected chi connectivity index (χ4v) is 3.87. The van der Waals surface area contributed by atoms with E-state index < -0.39 is 0 Å². The third-order valence-corrected chi connectivity index (χ3v) is 5.47. The van der Waals surface area contributed by atoms with Gasteiger partial charge in [-0.15, -0.1) is 11.8 Å². The fourth-order valence-electron chi connectivity index (χ4n) is 2.78. The molecule has 136 valence electrons. The molecule has 4 heteroatoms. The lowest BCUT2D eigenvalue weighted by Crippen LogP contribution is -2.15. The van der Waals surface area contributed by atoms with Gasteiger partial charge in [-0.2, -0.15) is 0 Å². The highest BCUT2D eigenvalue weighted by Crippen LogP contribution is 2.35. The van der Waals surface area contributed by atoms with Gasteiger partial charge in [0.15, 0.2) is 5.78 Å². The molecule has 3 rings (SSSR count). The van der Waals surface area contributed by atoms with Crippen LogP contribution < -0.4 is 5.32 Å². The van der Waals surface area contributed by atoms with Crippen molar-refractivity contribution < 1.29 is 9.59 Å². The van der Waals surface area contributed by atoms with Gasteiger partial charge in [0.2, 0.25) is 5.91 Å². The molecular weight excluding hydrogens is 354 g/mol. The molecule has 3 aromatic rings. The van der Waals surface area contributed by atoms with Crippen LogP contribution in [0, 0.1) is 0 Å². The van der Waals surface area contributed by atoms with Crippen molar-refractivity contribution in [2.24, 2.45) is 0 Å². The number of hydrogen-bond acceptors (Lipinski definition) is 3. The second kappa shape index (κ2) is 9.19. The van der Waals surface area contributed by atoms with Crippen LogP contribution in [0.1, 0.15) is 33.7 Å². The number of Topliss-reactive ketones (excluding diaryl/α,β-unsaturated/α-hetero) is 1. The molecule has 3 aromatic carbocycles. The van der Waals surface area contributed by atoms with Crippen LogP contribution in [0.25, 0.3) is 0 Å². The van der Waals surface area contributed by atoms with Crippen LogP contribution in [0.4, 0.5) is 5.69 Å². The van der Waals surface area contributed by atoms with E-state index in [0.29, 0.717) is 17.0 Å². The summed E-state index contributed by atoms with van der Waals surface area (Å²) in [6.45, 7) is 1.53. The molecule has 0 saturated heterocycles. The number of anilines is 1. The third-order valence-electron chi connectivity index (χ3n) is 4.16. The predicted octanol–water partition coefficient (Wildman–Crippen LogP) is 5.35. The number of carbonyl (C=O) groups excluding carboxylic acids is 2. The largest absolute Gasteiger partial charge is 0.325 e. The Bertz CT molecular complexity index is 853. The maximum Gasteiger partial charge on any atom is 0.234 e. The van der Waals surface area contributed by atoms with Gasteiger partial charge in [0.25, 0.3) is 0 Å². The van der Waals surface area contributed by atoms with E-state index in [2.05, 4.69) is 29.6 Å². The van der Waals surface area contributed by atoms with Gasteiger partial charge in [-0.3, -0.25) is 9.59 Å². The molecule has 0 fully saturated rings. The molecule has 1 N–H and O–H groups in total. The van der Waals surface area contributed by atoms with Gasteiger partial charge < -0.3 is 5.32 Å². The minimum Gasteiger partial charge on any atom is -0.325 e. The minimum atomic E-state index is -0.0626. The van der Waals surface area contributed by atoms with Crippen molar-refractivity contribution in [3.8, 4) is 0 Å². The second-order valence-corrected chi connectivity index (χ2v) is 7.29. The van der Waals surface area contributed by atoms with Crippen molar-refractivity contribution in [1.29, 1.82) is 0 Å². The van der Waals surface area contributed by atoms with E-state index in [1.807, 2.05) is 36.4 Å². The Morgan fingerprint density at radius 2 is 1.33 bits per heavy atom. The van der Waals surface area contributed by atoms with Crippen LogP contribution in [0.15, 0.2) is 84.9 Å². The van der Waals surface area contributed by atoms with Crippen LogP contribution in [-0.2, 0) is 4.79 Å². The van der Waals surface area contributed by atoms with Crippen LogP contribution in [0.5, 0.6) is 0 Å². The molecule has 27 heavy (non-hydrogen) atoms. The first-order valence-electron chi connectivity index (χ1n) is 8.76. The van der Waals surface area contributed by atoms with E-state index in [0.717, 1.165) is 0 Å². The number of ketones is 1. The maximum absolute atomic E-state index is 12.4. The van der Waals surface area contributed by atoms with E-state index in [4.69, 9.17) is 0 Å². The Hall–Kier alpha value is -2.85. The average Bonchev–Trinajstić information content (AvgIpc) is 2.70.